The number of para-hydroxylation sites is 1. The molecule has 0 aromatic heterocycles. The number of benzene rings is 2. The molecule has 0 spiro atoms. The molecule has 1 N–H and O–H groups in total. The molecule has 2 aromatic carbocycles. The Labute approximate surface area is 160 Å². The topological polar surface area (TPSA) is 66.5 Å². The molecule has 0 saturated carbocycles. The van der Waals surface area contributed by atoms with Gasteiger partial charge in [0.15, 0.2) is 0 Å². The van der Waals surface area contributed by atoms with E-state index in [2.05, 4.69) is 5.32 Å². The van der Waals surface area contributed by atoms with Crippen molar-refractivity contribution in [3.63, 3.8) is 0 Å². The number of carbonyl (C=O) groups is 1. The fraction of sp³-hybridized carbons (Fsp3) is 0.316. The number of amides is 1. The number of sulfonamides is 1. The van der Waals surface area contributed by atoms with Gasteiger partial charge < -0.3 is 5.32 Å². The number of aryl methyl sites for hydroxylation is 2. The summed E-state index contributed by atoms with van der Waals surface area (Å²) in [5, 5.41) is 3.36. The van der Waals surface area contributed by atoms with Crippen LogP contribution < -0.4 is 9.62 Å². The number of nitrogens with zero attached hydrogens (tertiary/aromatic N) is 1. The van der Waals surface area contributed by atoms with Crippen molar-refractivity contribution in [3.05, 3.63) is 58.1 Å². The summed E-state index contributed by atoms with van der Waals surface area (Å²) in [6, 6.07) is 10.8. The molecule has 0 bridgehead atoms. The predicted molar refractivity (Wildman–Crippen MR) is 108 cm³/mol. The third-order valence-electron chi connectivity index (χ3n) is 4.20. The number of anilines is 2. The monoisotopic (exact) mass is 394 g/mol. The molecule has 2 rings (SSSR count). The van der Waals surface area contributed by atoms with Gasteiger partial charge in [-0.25, -0.2) is 8.42 Å². The van der Waals surface area contributed by atoms with Crippen LogP contribution in [0.25, 0.3) is 0 Å². The summed E-state index contributed by atoms with van der Waals surface area (Å²) in [5.74, 6) is -0.240. The van der Waals surface area contributed by atoms with Crippen LogP contribution in [-0.2, 0) is 14.8 Å². The summed E-state index contributed by atoms with van der Waals surface area (Å²) in [6.45, 7) is 5.63. The van der Waals surface area contributed by atoms with E-state index in [9.17, 15) is 13.2 Å². The lowest BCUT2D eigenvalue weighted by Gasteiger charge is -2.24. The first-order valence-corrected chi connectivity index (χ1v) is 10.4. The number of rotatable bonds is 6. The Morgan fingerprint density at radius 3 is 2.23 bits per heavy atom. The van der Waals surface area contributed by atoms with Gasteiger partial charge in [0.25, 0.3) is 0 Å². The van der Waals surface area contributed by atoms with Crippen molar-refractivity contribution in [2.45, 2.75) is 27.2 Å². The quantitative estimate of drug-likeness (QED) is 0.803. The van der Waals surface area contributed by atoms with Gasteiger partial charge in [0.1, 0.15) is 0 Å². The van der Waals surface area contributed by atoms with Crippen molar-refractivity contribution >= 4 is 38.9 Å². The van der Waals surface area contributed by atoms with E-state index in [-0.39, 0.29) is 18.9 Å². The normalized spacial score (nSPS) is 11.3. The third-order valence-corrected chi connectivity index (χ3v) is 5.79. The number of carbonyl (C=O) groups excluding carboxylic acids is 1. The molecule has 0 aliphatic carbocycles. The van der Waals surface area contributed by atoms with Gasteiger partial charge in [-0.3, -0.25) is 9.10 Å². The molecule has 1 amide bonds. The van der Waals surface area contributed by atoms with Gasteiger partial charge in [-0.05, 0) is 49.6 Å². The standard InChI is InChI=1S/C19H23ClN2O3S/c1-13-7-5-8-14(2)19(13)21-18(23)11-12-22(26(4,24)25)17-10-6-9-16(20)15(17)3/h5-10H,11-12H2,1-4H3,(H,21,23). The maximum absolute atomic E-state index is 12.4. The van der Waals surface area contributed by atoms with Gasteiger partial charge in [-0.2, -0.15) is 0 Å². The number of hydrogen-bond donors (Lipinski definition) is 1. The van der Waals surface area contributed by atoms with Gasteiger partial charge >= 0.3 is 0 Å². The van der Waals surface area contributed by atoms with Gasteiger partial charge in [-0.15, -0.1) is 0 Å². The fourth-order valence-corrected chi connectivity index (χ4v) is 3.90. The average Bonchev–Trinajstić information content (AvgIpc) is 2.54. The van der Waals surface area contributed by atoms with Crippen molar-refractivity contribution in [2.24, 2.45) is 0 Å². The Hall–Kier alpha value is -2.05. The highest BCUT2D eigenvalue weighted by Crippen LogP contribution is 2.28. The van der Waals surface area contributed by atoms with Gasteiger partial charge in [0.05, 0.1) is 11.9 Å². The van der Waals surface area contributed by atoms with Gasteiger partial charge in [0.2, 0.25) is 15.9 Å². The van der Waals surface area contributed by atoms with E-state index in [1.807, 2.05) is 32.0 Å². The van der Waals surface area contributed by atoms with E-state index in [0.717, 1.165) is 23.1 Å². The zero-order valence-electron chi connectivity index (χ0n) is 15.3. The van der Waals surface area contributed by atoms with Gasteiger partial charge in [-0.1, -0.05) is 35.9 Å². The van der Waals surface area contributed by atoms with Crippen LogP contribution in [0.5, 0.6) is 0 Å². The Kier molecular flexibility index (Phi) is 6.31. The highest BCUT2D eigenvalue weighted by molar-refractivity contribution is 7.92. The first-order valence-electron chi connectivity index (χ1n) is 8.20. The molecule has 0 radical (unpaired) electrons. The summed E-state index contributed by atoms with van der Waals surface area (Å²) in [4.78, 5) is 12.4. The van der Waals surface area contributed by atoms with E-state index in [0.29, 0.717) is 16.3 Å². The largest absolute Gasteiger partial charge is 0.326 e. The van der Waals surface area contributed by atoms with Crippen molar-refractivity contribution in [3.8, 4) is 0 Å². The number of nitrogens with one attached hydrogen (secondary N) is 1. The Morgan fingerprint density at radius 2 is 1.65 bits per heavy atom. The molecule has 0 fully saturated rings. The SMILES string of the molecule is Cc1cccc(C)c1NC(=O)CCN(c1cccc(Cl)c1C)S(C)(=O)=O. The fourth-order valence-electron chi connectivity index (χ4n) is 2.75. The molecule has 5 nitrogen and oxygen atoms in total. The highest BCUT2D eigenvalue weighted by atomic mass is 35.5. The van der Waals surface area contributed by atoms with E-state index in [4.69, 9.17) is 11.6 Å². The molecule has 26 heavy (non-hydrogen) atoms. The van der Waals surface area contributed by atoms with Crippen molar-refractivity contribution < 1.29 is 13.2 Å². The zero-order valence-corrected chi connectivity index (χ0v) is 16.9. The highest BCUT2D eigenvalue weighted by Gasteiger charge is 2.21. The van der Waals surface area contributed by atoms with Gasteiger partial charge in [0, 0.05) is 23.7 Å². The third kappa shape index (κ3) is 4.77. The van der Waals surface area contributed by atoms with Crippen molar-refractivity contribution in [2.75, 3.05) is 22.4 Å². The smallest absolute Gasteiger partial charge is 0.232 e. The first-order chi connectivity index (χ1) is 12.1. The zero-order chi connectivity index (χ0) is 19.5. The molecule has 0 saturated heterocycles. The molecule has 0 aliphatic heterocycles. The molecule has 7 heteroatoms. The molecule has 140 valence electrons. The molecular weight excluding hydrogens is 372 g/mol. The maximum atomic E-state index is 12.4. The van der Waals surface area contributed by atoms with Crippen molar-refractivity contribution in [1.82, 2.24) is 0 Å². The minimum absolute atomic E-state index is 0.0345. The minimum atomic E-state index is -3.55. The lowest BCUT2D eigenvalue weighted by atomic mass is 10.1. The maximum Gasteiger partial charge on any atom is 0.232 e. The molecular formula is C19H23ClN2O3S. The van der Waals surface area contributed by atoms with Crippen LogP contribution in [-0.4, -0.2) is 27.1 Å². The molecule has 0 heterocycles. The van der Waals surface area contributed by atoms with E-state index in [1.165, 1.54) is 4.31 Å². The summed E-state index contributed by atoms with van der Waals surface area (Å²) >= 11 is 6.11. The first kappa shape index (κ1) is 20.3. The second kappa shape index (κ2) is 8.10. The minimum Gasteiger partial charge on any atom is -0.326 e. The van der Waals surface area contributed by atoms with E-state index >= 15 is 0 Å². The Morgan fingerprint density at radius 1 is 1.08 bits per heavy atom. The molecule has 0 unspecified atom stereocenters. The van der Waals surface area contributed by atoms with Crippen LogP contribution in [0.4, 0.5) is 11.4 Å². The van der Waals surface area contributed by atoms with Crippen LogP contribution in [0.1, 0.15) is 23.1 Å². The summed E-state index contributed by atoms with van der Waals surface area (Å²) in [5.41, 5.74) is 3.84. The van der Waals surface area contributed by atoms with E-state index in [1.54, 1.807) is 25.1 Å². The summed E-state index contributed by atoms with van der Waals surface area (Å²) < 4.78 is 25.7. The van der Waals surface area contributed by atoms with Crippen molar-refractivity contribution in [1.29, 1.82) is 0 Å². The number of halogens is 1. The Bertz CT molecular complexity index is 906. The lowest BCUT2D eigenvalue weighted by molar-refractivity contribution is -0.116. The van der Waals surface area contributed by atoms with Crippen LogP contribution in [0, 0.1) is 20.8 Å². The summed E-state index contributed by atoms with van der Waals surface area (Å²) in [6.07, 6.45) is 1.16. The molecule has 0 atom stereocenters. The number of hydrogen-bond acceptors (Lipinski definition) is 3. The van der Waals surface area contributed by atoms with Crippen LogP contribution in [0.2, 0.25) is 5.02 Å². The Balaban J connectivity index is 2.18. The van der Waals surface area contributed by atoms with Crippen LogP contribution in [0.3, 0.4) is 0 Å². The predicted octanol–water partition coefficient (Wildman–Crippen LogP) is 4.06. The molecule has 0 aliphatic rings. The van der Waals surface area contributed by atoms with Crippen LogP contribution in [0.15, 0.2) is 36.4 Å². The average molecular weight is 395 g/mol. The van der Waals surface area contributed by atoms with E-state index < -0.39 is 10.0 Å². The second-order valence-electron chi connectivity index (χ2n) is 6.28. The second-order valence-corrected chi connectivity index (χ2v) is 8.60. The lowest BCUT2D eigenvalue weighted by Crippen LogP contribution is -2.33. The van der Waals surface area contributed by atoms with Crippen LogP contribution >= 0.6 is 11.6 Å². The summed E-state index contributed by atoms with van der Waals surface area (Å²) in [7, 11) is -3.55. The molecule has 2 aromatic rings.